The van der Waals surface area contributed by atoms with E-state index in [2.05, 4.69) is 5.43 Å². The lowest BCUT2D eigenvalue weighted by Gasteiger charge is -2.04. The van der Waals surface area contributed by atoms with Gasteiger partial charge >= 0.3 is 0 Å². The zero-order valence-corrected chi connectivity index (χ0v) is 5.22. The summed E-state index contributed by atoms with van der Waals surface area (Å²) in [6.07, 6.45) is 1.36. The van der Waals surface area contributed by atoms with Crippen molar-refractivity contribution < 1.29 is 5.11 Å². The van der Waals surface area contributed by atoms with Crippen molar-refractivity contribution >= 4 is 0 Å². The lowest BCUT2D eigenvalue weighted by atomic mass is 10.2. The summed E-state index contributed by atoms with van der Waals surface area (Å²) in [7, 11) is 0. The quantitative estimate of drug-likeness (QED) is 0.348. The van der Waals surface area contributed by atoms with E-state index in [4.69, 9.17) is 10.9 Å². The molecule has 4 N–H and O–H groups in total. The van der Waals surface area contributed by atoms with Crippen LogP contribution in [0.5, 0.6) is 0 Å². The molecule has 0 saturated carbocycles. The van der Waals surface area contributed by atoms with Gasteiger partial charge in [-0.15, -0.1) is 0 Å². The molecule has 0 bridgehead atoms. The van der Waals surface area contributed by atoms with Gasteiger partial charge in [0.15, 0.2) is 0 Å². The van der Waals surface area contributed by atoms with Crippen LogP contribution in [0.2, 0.25) is 0 Å². The summed E-state index contributed by atoms with van der Waals surface area (Å²) in [5.74, 6) is 4.97. The molecule has 8 heavy (non-hydrogen) atoms. The lowest BCUT2D eigenvalue weighted by molar-refractivity contribution is 0.160. The molecule has 50 valence electrons. The Balaban J connectivity index is 2.86. The highest BCUT2D eigenvalue weighted by molar-refractivity contribution is 4.51. The van der Waals surface area contributed by atoms with Gasteiger partial charge < -0.3 is 5.11 Å². The van der Waals surface area contributed by atoms with E-state index in [0.717, 1.165) is 12.8 Å². The topological polar surface area (TPSA) is 58.3 Å². The van der Waals surface area contributed by atoms with Crippen molar-refractivity contribution in [3.8, 4) is 0 Å². The fourth-order valence-corrected chi connectivity index (χ4v) is 0.454. The van der Waals surface area contributed by atoms with Crippen molar-refractivity contribution in [1.82, 2.24) is 5.43 Å². The average Bonchev–Trinajstić information content (AvgIpc) is 1.83. The molecule has 0 fully saturated rings. The maximum atomic E-state index is 8.89. The van der Waals surface area contributed by atoms with Crippen LogP contribution in [0, 0.1) is 0 Å². The van der Waals surface area contributed by atoms with Crippen LogP contribution in [0.3, 0.4) is 0 Å². The molecule has 0 aliphatic heterocycles. The molecule has 1 atom stereocenters. The second kappa shape index (κ2) is 5.03. The highest BCUT2D eigenvalue weighted by Crippen LogP contribution is 1.92. The van der Waals surface area contributed by atoms with Crippen molar-refractivity contribution in [1.29, 1.82) is 0 Å². The van der Waals surface area contributed by atoms with Crippen LogP contribution in [-0.4, -0.2) is 17.8 Å². The smallest absolute Gasteiger partial charge is 0.0550 e. The van der Waals surface area contributed by atoms with Crippen LogP contribution in [0.25, 0.3) is 0 Å². The van der Waals surface area contributed by atoms with Crippen LogP contribution < -0.4 is 11.3 Å². The van der Waals surface area contributed by atoms with Crippen molar-refractivity contribution in [2.45, 2.75) is 25.9 Å². The summed E-state index contributed by atoms with van der Waals surface area (Å²) >= 11 is 0. The number of hydrogen-bond acceptors (Lipinski definition) is 3. The zero-order valence-electron chi connectivity index (χ0n) is 5.22. The Hall–Kier alpha value is -0.120. The van der Waals surface area contributed by atoms with Gasteiger partial charge in [0, 0.05) is 6.54 Å². The second-order valence-corrected chi connectivity index (χ2v) is 1.80. The molecule has 0 saturated heterocycles. The molecule has 0 aromatic heterocycles. The predicted octanol–water partition coefficient (Wildman–Crippen LogP) is -0.389. The summed E-state index contributed by atoms with van der Waals surface area (Å²) in [4.78, 5) is 0. The third-order valence-electron chi connectivity index (χ3n) is 1.09. The zero-order chi connectivity index (χ0) is 6.41. The van der Waals surface area contributed by atoms with E-state index in [0.29, 0.717) is 6.54 Å². The van der Waals surface area contributed by atoms with Crippen LogP contribution >= 0.6 is 0 Å². The minimum absolute atomic E-state index is 0.189. The number of aliphatic hydroxyl groups excluding tert-OH is 1. The van der Waals surface area contributed by atoms with Crippen LogP contribution in [0.1, 0.15) is 19.8 Å². The second-order valence-electron chi connectivity index (χ2n) is 1.80. The third kappa shape index (κ3) is 4.05. The average molecular weight is 118 g/mol. The van der Waals surface area contributed by atoms with E-state index in [1.807, 2.05) is 6.92 Å². The number of hydrazine groups is 1. The standard InChI is InChI=1S/C5H14N2O/c1-2-5(8)3-4-7-6/h5,7-8H,2-4,6H2,1H3. The van der Waals surface area contributed by atoms with Gasteiger partial charge in [0.05, 0.1) is 6.10 Å². The Labute approximate surface area is 49.9 Å². The number of nitrogens with two attached hydrogens (primary N) is 1. The first kappa shape index (κ1) is 7.88. The van der Waals surface area contributed by atoms with Gasteiger partial charge in [-0.1, -0.05) is 6.92 Å². The minimum Gasteiger partial charge on any atom is -0.393 e. The molecule has 0 aromatic rings. The summed E-state index contributed by atoms with van der Waals surface area (Å²) in [6.45, 7) is 2.64. The summed E-state index contributed by atoms with van der Waals surface area (Å²) in [6, 6.07) is 0. The van der Waals surface area contributed by atoms with Gasteiger partial charge in [-0.2, -0.15) is 0 Å². The Morgan fingerprint density at radius 2 is 2.38 bits per heavy atom. The molecule has 0 aliphatic rings. The molecular weight excluding hydrogens is 104 g/mol. The van der Waals surface area contributed by atoms with Gasteiger partial charge in [-0.3, -0.25) is 11.3 Å². The van der Waals surface area contributed by atoms with E-state index in [9.17, 15) is 0 Å². The SMILES string of the molecule is CCC(O)CCNN. The van der Waals surface area contributed by atoms with Gasteiger partial charge in [-0.25, -0.2) is 0 Å². The Morgan fingerprint density at radius 1 is 1.75 bits per heavy atom. The highest BCUT2D eigenvalue weighted by atomic mass is 16.3. The molecule has 0 aliphatic carbocycles. The van der Waals surface area contributed by atoms with Crippen molar-refractivity contribution in [2.75, 3.05) is 6.54 Å². The lowest BCUT2D eigenvalue weighted by Crippen LogP contribution is -2.25. The van der Waals surface area contributed by atoms with E-state index >= 15 is 0 Å². The summed E-state index contributed by atoms with van der Waals surface area (Å²) in [5, 5.41) is 8.89. The van der Waals surface area contributed by atoms with E-state index < -0.39 is 0 Å². The molecule has 0 spiro atoms. The highest BCUT2D eigenvalue weighted by Gasteiger charge is 1.96. The molecule has 1 unspecified atom stereocenters. The van der Waals surface area contributed by atoms with Gasteiger partial charge in [-0.05, 0) is 12.8 Å². The molecule has 0 rings (SSSR count). The van der Waals surface area contributed by atoms with Crippen LogP contribution in [-0.2, 0) is 0 Å². The minimum atomic E-state index is -0.189. The molecule has 3 heteroatoms. The largest absolute Gasteiger partial charge is 0.393 e. The first-order valence-electron chi connectivity index (χ1n) is 2.92. The molecular formula is C5H14N2O. The number of nitrogens with one attached hydrogen (secondary N) is 1. The first-order valence-corrected chi connectivity index (χ1v) is 2.92. The Kier molecular flexibility index (Phi) is 4.95. The van der Waals surface area contributed by atoms with Crippen molar-refractivity contribution in [2.24, 2.45) is 5.84 Å². The predicted molar refractivity (Wildman–Crippen MR) is 33.1 cm³/mol. The van der Waals surface area contributed by atoms with E-state index in [1.54, 1.807) is 0 Å². The first-order chi connectivity index (χ1) is 3.81. The molecule has 3 nitrogen and oxygen atoms in total. The fourth-order valence-electron chi connectivity index (χ4n) is 0.454. The molecule has 0 amide bonds. The van der Waals surface area contributed by atoms with Crippen LogP contribution in [0.4, 0.5) is 0 Å². The number of hydrogen-bond donors (Lipinski definition) is 3. The number of rotatable bonds is 4. The fraction of sp³-hybridized carbons (Fsp3) is 1.00. The molecule has 0 aromatic carbocycles. The number of aliphatic hydroxyl groups is 1. The Morgan fingerprint density at radius 3 is 2.75 bits per heavy atom. The normalized spacial score (nSPS) is 13.9. The third-order valence-corrected chi connectivity index (χ3v) is 1.09. The van der Waals surface area contributed by atoms with Crippen LogP contribution in [0.15, 0.2) is 0 Å². The maximum absolute atomic E-state index is 8.89. The van der Waals surface area contributed by atoms with Gasteiger partial charge in [0.25, 0.3) is 0 Å². The monoisotopic (exact) mass is 118 g/mol. The van der Waals surface area contributed by atoms with Crippen molar-refractivity contribution in [3.05, 3.63) is 0 Å². The van der Waals surface area contributed by atoms with Crippen molar-refractivity contribution in [3.63, 3.8) is 0 Å². The molecule has 0 radical (unpaired) electrons. The van der Waals surface area contributed by atoms with E-state index in [1.165, 1.54) is 0 Å². The van der Waals surface area contributed by atoms with Gasteiger partial charge in [0.1, 0.15) is 0 Å². The van der Waals surface area contributed by atoms with E-state index in [-0.39, 0.29) is 6.10 Å². The Bertz CT molecular complexity index is 49.7. The molecule has 0 heterocycles. The maximum Gasteiger partial charge on any atom is 0.0550 e. The summed E-state index contributed by atoms with van der Waals surface area (Å²) in [5.41, 5.74) is 2.47. The summed E-state index contributed by atoms with van der Waals surface area (Å²) < 4.78 is 0. The van der Waals surface area contributed by atoms with Gasteiger partial charge in [0.2, 0.25) is 0 Å².